The molecule has 0 N–H and O–H groups in total. The first-order valence-electron chi connectivity index (χ1n) is 22.8. The SMILES string of the molecule is Cc1ccc2c(n1)oc1c3c4c(cc12)N1C=CN(C)C1Cc1ccc2c(oc5nc(C)ccc52)c1C(C)(C)N1C=CN(c2c(ccc5c2oc2ccccc25)CC4)C1CC1N(C)C=CN31. The van der Waals surface area contributed by atoms with Crippen molar-refractivity contribution in [1.82, 2.24) is 24.7 Å². The van der Waals surface area contributed by atoms with E-state index in [1.807, 2.05) is 13.8 Å². The van der Waals surface area contributed by atoms with Crippen LogP contribution in [-0.2, 0) is 24.8 Å². The first kappa shape index (κ1) is 37.0. The molecule has 9 aromatic rings. The molecule has 4 bridgehead atoms. The topological polar surface area (TPSA) is 84.6 Å². The van der Waals surface area contributed by atoms with Gasteiger partial charge in [0, 0.05) is 125 Å². The summed E-state index contributed by atoms with van der Waals surface area (Å²) in [7, 11) is 4.41. The average molecular weight is 857 g/mol. The normalized spacial score (nSPS) is 21.0. The Bertz CT molecular complexity index is 3630. The van der Waals surface area contributed by atoms with Crippen molar-refractivity contribution in [3.63, 3.8) is 0 Å². The van der Waals surface area contributed by atoms with Gasteiger partial charge >= 0.3 is 0 Å². The van der Waals surface area contributed by atoms with E-state index in [1.54, 1.807) is 0 Å². The third-order valence-corrected chi connectivity index (χ3v) is 15.2. The van der Waals surface area contributed by atoms with Gasteiger partial charge in [0.15, 0.2) is 11.2 Å². The smallest absolute Gasteiger partial charge is 0.227 e. The molecule has 5 aliphatic rings. The lowest BCUT2D eigenvalue weighted by molar-refractivity contribution is 0.120. The number of anilines is 3. The maximum Gasteiger partial charge on any atom is 0.227 e. The Hall–Kier alpha value is -7.40. The van der Waals surface area contributed by atoms with Crippen LogP contribution in [0.25, 0.3) is 66.1 Å². The number of furan rings is 3. The van der Waals surface area contributed by atoms with E-state index in [0.29, 0.717) is 11.4 Å². The van der Waals surface area contributed by atoms with Gasteiger partial charge < -0.3 is 42.7 Å². The molecule has 4 aromatic carbocycles. The lowest BCUT2D eigenvalue weighted by atomic mass is 9.84. The van der Waals surface area contributed by atoms with Gasteiger partial charge in [0.1, 0.15) is 29.7 Å². The Balaban J connectivity index is 1.12. The number of aryl methyl sites for hydroxylation is 3. The molecular formula is C54H48N8O3. The van der Waals surface area contributed by atoms with Gasteiger partial charge in [-0.2, -0.15) is 0 Å². The van der Waals surface area contributed by atoms with E-state index >= 15 is 0 Å². The molecule has 10 heterocycles. The van der Waals surface area contributed by atoms with Crippen LogP contribution in [0.5, 0.6) is 0 Å². The molecule has 0 aliphatic carbocycles. The van der Waals surface area contributed by atoms with E-state index < -0.39 is 5.54 Å². The van der Waals surface area contributed by atoms with Crippen LogP contribution in [0, 0.1) is 13.8 Å². The van der Waals surface area contributed by atoms with Gasteiger partial charge in [-0.05, 0) is 88.1 Å². The van der Waals surface area contributed by atoms with E-state index in [0.717, 1.165) is 109 Å². The average Bonchev–Trinajstić information content (AvgIpc) is 4.15. The predicted molar refractivity (Wildman–Crippen MR) is 259 cm³/mol. The lowest BCUT2D eigenvalue weighted by Crippen LogP contribution is -2.53. The highest BCUT2D eigenvalue weighted by Crippen LogP contribution is 2.52. The van der Waals surface area contributed by atoms with Crippen LogP contribution in [-0.4, -0.2) is 57.3 Å². The van der Waals surface area contributed by atoms with Crippen molar-refractivity contribution in [2.24, 2.45) is 0 Å². The molecule has 0 fully saturated rings. The molecule has 3 unspecified atom stereocenters. The molecule has 0 saturated carbocycles. The molecule has 65 heavy (non-hydrogen) atoms. The van der Waals surface area contributed by atoms with Crippen molar-refractivity contribution in [1.29, 1.82) is 0 Å². The fourth-order valence-corrected chi connectivity index (χ4v) is 12.0. The van der Waals surface area contributed by atoms with Crippen LogP contribution in [0.15, 0.2) is 129 Å². The van der Waals surface area contributed by atoms with E-state index in [-0.39, 0.29) is 18.5 Å². The summed E-state index contributed by atoms with van der Waals surface area (Å²) in [5, 5.41) is 6.44. The number of nitrogens with zero attached hydrogens (tertiary/aromatic N) is 8. The van der Waals surface area contributed by atoms with Gasteiger partial charge in [0.2, 0.25) is 11.4 Å². The van der Waals surface area contributed by atoms with Gasteiger partial charge in [-0.25, -0.2) is 9.97 Å². The molecule has 11 heteroatoms. The molecule has 11 nitrogen and oxygen atoms in total. The molecule has 14 rings (SSSR count). The molecular weight excluding hydrogens is 809 g/mol. The Kier molecular flexibility index (Phi) is 7.33. The number of likely N-dealkylation sites (N-methyl/N-ethyl adjacent to an activating group) is 1. The second-order valence-corrected chi connectivity index (χ2v) is 19.2. The molecule has 0 amide bonds. The Morgan fingerprint density at radius 3 is 1.98 bits per heavy atom. The highest BCUT2D eigenvalue weighted by Gasteiger charge is 2.46. The minimum Gasteiger partial charge on any atom is -0.454 e. The summed E-state index contributed by atoms with van der Waals surface area (Å²) in [4.78, 5) is 24.7. The largest absolute Gasteiger partial charge is 0.454 e. The number of hydrogen-bond donors (Lipinski definition) is 0. The fraction of sp³-hybridized carbons (Fsp3) is 0.259. The predicted octanol–water partition coefficient (Wildman–Crippen LogP) is 11.5. The Labute approximate surface area is 375 Å². The monoisotopic (exact) mass is 856 g/mol. The summed E-state index contributed by atoms with van der Waals surface area (Å²) in [5.41, 5.74) is 14.4. The second-order valence-electron chi connectivity index (χ2n) is 19.2. The van der Waals surface area contributed by atoms with Gasteiger partial charge in [-0.15, -0.1) is 0 Å². The zero-order valence-electron chi connectivity index (χ0n) is 37.3. The number of pyridine rings is 2. The summed E-state index contributed by atoms with van der Waals surface area (Å²) in [6.45, 7) is 8.81. The zero-order chi connectivity index (χ0) is 43.6. The van der Waals surface area contributed by atoms with Crippen molar-refractivity contribution in [3.8, 4) is 0 Å². The second kappa shape index (κ2) is 12.9. The van der Waals surface area contributed by atoms with E-state index in [4.69, 9.17) is 23.2 Å². The quantitative estimate of drug-likeness (QED) is 0.146. The van der Waals surface area contributed by atoms with Crippen molar-refractivity contribution in [2.45, 2.75) is 77.4 Å². The van der Waals surface area contributed by atoms with Crippen LogP contribution >= 0.6 is 0 Å². The summed E-state index contributed by atoms with van der Waals surface area (Å²) in [5.74, 6) is 0. The Morgan fingerprint density at radius 2 is 1.18 bits per heavy atom. The van der Waals surface area contributed by atoms with E-state index in [9.17, 15) is 0 Å². The van der Waals surface area contributed by atoms with Crippen LogP contribution in [0.2, 0.25) is 0 Å². The highest BCUT2D eigenvalue weighted by molar-refractivity contribution is 6.12. The van der Waals surface area contributed by atoms with E-state index in [1.165, 1.54) is 22.3 Å². The fourth-order valence-electron chi connectivity index (χ4n) is 12.0. The number of hydrogen-bond acceptors (Lipinski definition) is 11. The minimum absolute atomic E-state index is 0.0427. The summed E-state index contributed by atoms with van der Waals surface area (Å²) < 4.78 is 21.0. The van der Waals surface area contributed by atoms with Crippen molar-refractivity contribution in [2.75, 3.05) is 28.8 Å². The van der Waals surface area contributed by atoms with Gasteiger partial charge in [-0.3, -0.25) is 0 Å². The maximum atomic E-state index is 7.01. The number of aromatic nitrogens is 2. The molecule has 322 valence electrons. The first-order valence-corrected chi connectivity index (χ1v) is 22.8. The molecule has 0 radical (unpaired) electrons. The standard InChI is InChI=1S/C54H48N8O3/c1-30-11-16-37-36-19-15-33-27-43-57(5)21-23-59(43)41-28-40-38-17-12-31(2)56-53(38)65-51(40)48-39(41)20-14-32-13-18-35-34-9-7-8-10-42(34)63-50(35)47(32)61-25-26-62(45(61)29-44-58(6)22-24-60(44)48)54(3,4)46(33)49(36)64-52(37)55-30/h7-13,15-19,21-26,28,43-45H,14,20,27,29H2,1-6H3. The zero-order valence-corrected chi connectivity index (χ0v) is 37.3. The number of rotatable bonds is 0. The lowest BCUT2D eigenvalue weighted by Gasteiger charge is -2.46. The van der Waals surface area contributed by atoms with Gasteiger partial charge in [0.05, 0.1) is 16.9 Å². The van der Waals surface area contributed by atoms with Crippen LogP contribution in [0.3, 0.4) is 0 Å². The third-order valence-electron chi connectivity index (χ3n) is 15.2. The summed E-state index contributed by atoms with van der Waals surface area (Å²) in [6, 6.07) is 28.6. The molecule has 3 atom stereocenters. The molecule has 0 saturated heterocycles. The van der Waals surface area contributed by atoms with Crippen molar-refractivity contribution >= 4 is 83.1 Å². The van der Waals surface area contributed by atoms with Crippen molar-refractivity contribution in [3.05, 3.63) is 150 Å². The number of benzene rings is 4. The third kappa shape index (κ3) is 5.01. The summed E-state index contributed by atoms with van der Waals surface area (Å²) in [6.07, 6.45) is 16.3. The van der Waals surface area contributed by atoms with Crippen LogP contribution < -0.4 is 14.7 Å². The molecule has 0 spiro atoms. The number of fused-ring (bicyclic) bond motifs is 16. The minimum atomic E-state index is -0.584. The molecule has 5 aliphatic heterocycles. The van der Waals surface area contributed by atoms with Gasteiger partial charge in [0.25, 0.3) is 0 Å². The molecule has 5 aromatic heterocycles. The number of para-hydroxylation sites is 1. The Morgan fingerprint density at radius 1 is 0.554 bits per heavy atom. The maximum absolute atomic E-state index is 7.01. The van der Waals surface area contributed by atoms with Crippen LogP contribution in [0.1, 0.15) is 53.9 Å². The van der Waals surface area contributed by atoms with Crippen LogP contribution in [0.4, 0.5) is 17.1 Å². The highest BCUT2D eigenvalue weighted by atomic mass is 16.3. The first-order chi connectivity index (χ1) is 31.6. The van der Waals surface area contributed by atoms with Gasteiger partial charge in [-0.1, -0.05) is 42.5 Å². The van der Waals surface area contributed by atoms with E-state index in [2.05, 4.69) is 173 Å². The summed E-state index contributed by atoms with van der Waals surface area (Å²) >= 11 is 0. The van der Waals surface area contributed by atoms with Crippen molar-refractivity contribution < 1.29 is 13.3 Å².